The van der Waals surface area contributed by atoms with Crippen molar-refractivity contribution in [1.82, 2.24) is 4.90 Å². The van der Waals surface area contributed by atoms with Crippen molar-refractivity contribution in [2.24, 2.45) is 17.6 Å². The third kappa shape index (κ3) is 3.07. The Kier molecular flexibility index (Phi) is 4.18. The van der Waals surface area contributed by atoms with E-state index in [-0.39, 0.29) is 17.9 Å². The first-order chi connectivity index (χ1) is 8.20. The van der Waals surface area contributed by atoms with Gasteiger partial charge in [-0.15, -0.1) is 0 Å². The van der Waals surface area contributed by atoms with E-state index in [0.29, 0.717) is 5.92 Å². The van der Waals surface area contributed by atoms with E-state index in [1.165, 1.54) is 0 Å². The van der Waals surface area contributed by atoms with Gasteiger partial charge in [-0.2, -0.15) is 0 Å². The van der Waals surface area contributed by atoms with Gasteiger partial charge in [0.2, 0.25) is 5.91 Å². The van der Waals surface area contributed by atoms with Crippen molar-refractivity contribution < 1.29 is 9.53 Å². The van der Waals surface area contributed by atoms with Crippen molar-refractivity contribution in [2.75, 3.05) is 26.3 Å². The number of nitrogens with zero attached hydrogens (tertiary/aromatic N) is 1. The van der Waals surface area contributed by atoms with E-state index in [1.807, 2.05) is 24.0 Å². The Morgan fingerprint density at radius 2 is 2.35 bits per heavy atom. The summed E-state index contributed by atoms with van der Waals surface area (Å²) >= 11 is 0. The molecule has 4 nitrogen and oxygen atoms in total. The standard InChI is InChI=1S/C13H22N2O2/c1-2-15(8-10-5-6-17-9-10)13(16)11-3-4-12(14)7-11/h3-4,10-12H,2,5-9,14H2,1H3. The lowest BCUT2D eigenvalue weighted by Crippen LogP contribution is -2.39. The summed E-state index contributed by atoms with van der Waals surface area (Å²) in [5, 5.41) is 0. The minimum atomic E-state index is -0.00716. The number of rotatable bonds is 4. The van der Waals surface area contributed by atoms with E-state index < -0.39 is 0 Å². The number of nitrogens with two attached hydrogens (primary N) is 1. The van der Waals surface area contributed by atoms with Crippen LogP contribution in [0.2, 0.25) is 0 Å². The predicted octanol–water partition coefficient (Wildman–Crippen LogP) is 0.775. The molecule has 3 unspecified atom stereocenters. The van der Waals surface area contributed by atoms with Gasteiger partial charge < -0.3 is 15.4 Å². The number of hydrogen-bond acceptors (Lipinski definition) is 3. The highest BCUT2D eigenvalue weighted by molar-refractivity contribution is 5.81. The second kappa shape index (κ2) is 5.65. The monoisotopic (exact) mass is 238 g/mol. The molecule has 2 rings (SSSR count). The molecule has 0 aromatic carbocycles. The van der Waals surface area contributed by atoms with E-state index in [4.69, 9.17) is 10.5 Å². The summed E-state index contributed by atoms with van der Waals surface area (Å²) in [6.45, 7) is 5.27. The first-order valence-electron chi connectivity index (χ1n) is 6.51. The van der Waals surface area contributed by atoms with Gasteiger partial charge in [0.25, 0.3) is 0 Å². The number of amides is 1. The van der Waals surface area contributed by atoms with Crippen LogP contribution in [0.25, 0.3) is 0 Å². The summed E-state index contributed by atoms with van der Waals surface area (Å²) in [5.41, 5.74) is 5.79. The molecule has 0 spiro atoms. The molecule has 17 heavy (non-hydrogen) atoms. The zero-order chi connectivity index (χ0) is 12.3. The molecule has 1 heterocycles. The molecule has 0 bridgehead atoms. The van der Waals surface area contributed by atoms with Gasteiger partial charge in [0.1, 0.15) is 0 Å². The highest BCUT2D eigenvalue weighted by atomic mass is 16.5. The lowest BCUT2D eigenvalue weighted by molar-refractivity contribution is -0.134. The van der Waals surface area contributed by atoms with E-state index in [1.54, 1.807) is 0 Å². The Morgan fingerprint density at radius 1 is 1.53 bits per heavy atom. The molecule has 0 saturated carbocycles. The first-order valence-corrected chi connectivity index (χ1v) is 6.51. The average Bonchev–Trinajstić information content (AvgIpc) is 2.96. The zero-order valence-corrected chi connectivity index (χ0v) is 10.5. The fourth-order valence-electron chi connectivity index (χ4n) is 2.56. The van der Waals surface area contributed by atoms with Crippen LogP contribution in [0, 0.1) is 11.8 Å². The fraction of sp³-hybridized carbons (Fsp3) is 0.769. The van der Waals surface area contributed by atoms with Crippen molar-refractivity contribution >= 4 is 5.91 Å². The van der Waals surface area contributed by atoms with E-state index in [2.05, 4.69) is 0 Å². The smallest absolute Gasteiger partial charge is 0.229 e. The summed E-state index contributed by atoms with van der Waals surface area (Å²) in [7, 11) is 0. The molecule has 4 heteroatoms. The maximum Gasteiger partial charge on any atom is 0.229 e. The van der Waals surface area contributed by atoms with Crippen LogP contribution < -0.4 is 5.73 Å². The normalized spacial score (nSPS) is 32.0. The molecular formula is C13H22N2O2. The fourth-order valence-corrected chi connectivity index (χ4v) is 2.56. The highest BCUT2D eigenvalue weighted by Gasteiger charge is 2.28. The van der Waals surface area contributed by atoms with Gasteiger partial charge in [0.15, 0.2) is 0 Å². The Morgan fingerprint density at radius 3 is 2.88 bits per heavy atom. The molecule has 0 aromatic heterocycles. The summed E-state index contributed by atoms with van der Waals surface area (Å²) in [4.78, 5) is 14.2. The van der Waals surface area contributed by atoms with Crippen LogP contribution >= 0.6 is 0 Å². The molecule has 1 saturated heterocycles. The minimum absolute atomic E-state index is 0.00716. The third-order valence-electron chi connectivity index (χ3n) is 3.63. The van der Waals surface area contributed by atoms with Crippen molar-refractivity contribution in [3.8, 4) is 0 Å². The number of hydrogen-bond donors (Lipinski definition) is 1. The van der Waals surface area contributed by atoms with Gasteiger partial charge in [-0.3, -0.25) is 4.79 Å². The number of carbonyl (C=O) groups is 1. The minimum Gasteiger partial charge on any atom is -0.381 e. The molecule has 2 aliphatic rings. The van der Waals surface area contributed by atoms with Crippen LogP contribution in [0.15, 0.2) is 12.2 Å². The van der Waals surface area contributed by atoms with Crippen molar-refractivity contribution in [3.63, 3.8) is 0 Å². The van der Waals surface area contributed by atoms with Gasteiger partial charge in [-0.25, -0.2) is 0 Å². The molecule has 1 amide bonds. The van der Waals surface area contributed by atoms with Crippen LogP contribution in [0.3, 0.4) is 0 Å². The molecule has 2 N–H and O–H groups in total. The number of ether oxygens (including phenoxy) is 1. The maximum absolute atomic E-state index is 12.3. The molecule has 1 aliphatic heterocycles. The first kappa shape index (κ1) is 12.6. The van der Waals surface area contributed by atoms with Crippen molar-refractivity contribution in [2.45, 2.75) is 25.8 Å². The van der Waals surface area contributed by atoms with Gasteiger partial charge in [-0.05, 0) is 19.8 Å². The summed E-state index contributed by atoms with van der Waals surface area (Å²) in [6, 6.07) is 0.0532. The quantitative estimate of drug-likeness (QED) is 0.736. The van der Waals surface area contributed by atoms with Crippen LogP contribution in [0.4, 0.5) is 0 Å². The predicted molar refractivity (Wildman–Crippen MR) is 66.4 cm³/mol. The van der Waals surface area contributed by atoms with E-state index >= 15 is 0 Å². The van der Waals surface area contributed by atoms with Crippen LogP contribution in [-0.2, 0) is 9.53 Å². The van der Waals surface area contributed by atoms with Gasteiger partial charge in [0.05, 0.1) is 12.5 Å². The Labute approximate surface area is 103 Å². The number of carbonyl (C=O) groups excluding carboxylic acids is 1. The maximum atomic E-state index is 12.3. The molecule has 1 fully saturated rings. The molecule has 0 radical (unpaired) electrons. The summed E-state index contributed by atoms with van der Waals surface area (Å²) < 4.78 is 5.35. The largest absolute Gasteiger partial charge is 0.381 e. The van der Waals surface area contributed by atoms with Gasteiger partial charge in [0, 0.05) is 31.7 Å². The second-order valence-electron chi connectivity index (χ2n) is 5.00. The Hall–Kier alpha value is -0.870. The zero-order valence-electron chi connectivity index (χ0n) is 10.5. The average molecular weight is 238 g/mol. The van der Waals surface area contributed by atoms with Crippen molar-refractivity contribution in [1.29, 1.82) is 0 Å². The van der Waals surface area contributed by atoms with E-state index in [9.17, 15) is 4.79 Å². The highest BCUT2D eigenvalue weighted by Crippen LogP contribution is 2.21. The molecule has 1 aliphatic carbocycles. The summed E-state index contributed by atoms with van der Waals surface area (Å²) in [5.74, 6) is 0.730. The Balaban J connectivity index is 1.88. The summed E-state index contributed by atoms with van der Waals surface area (Å²) in [6.07, 6.45) is 5.73. The lowest BCUT2D eigenvalue weighted by Gasteiger charge is -2.26. The lowest BCUT2D eigenvalue weighted by atomic mass is 10.0. The van der Waals surface area contributed by atoms with Crippen LogP contribution in [0.5, 0.6) is 0 Å². The van der Waals surface area contributed by atoms with Crippen LogP contribution in [0.1, 0.15) is 19.8 Å². The molecular weight excluding hydrogens is 216 g/mol. The van der Waals surface area contributed by atoms with Gasteiger partial charge >= 0.3 is 0 Å². The molecule has 0 aromatic rings. The van der Waals surface area contributed by atoms with E-state index in [0.717, 1.165) is 39.1 Å². The van der Waals surface area contributed by atoms with Gasteiger partial charge in [-0.1, -0.05) is 12.2 Å². The molecule has 3 atom stereocenters. The third-order valence-corrected chi connectivity index (χ3v) is 3.63. The molecule has 96 valence electrons. The van der Waals surface area contributed by atoms with Crippen molar-refractivity contribution in [3.05, 3.63) is 12.2 Å². The van der Waals surface area contributed by atoms with Crippen LogP contribution in [-0.4, -0.2) is 43.2 Å². The SMILES string of the molecule is CCN(CC1CCOC1)C(=O)C1C=CC(N)C1. The Bertz CT molecular complexity index is 298. The second-order valence-corrected chi connectivity index (χ2v) is 5.00. The topological polar surface area (TPSA) is 55.6 Å².